The van der Waals surface area contributed by atoms with Gasteiger partial charge in [0.15, 0.2) is 5.88 Å². The predicted octanol–water partition coefficient (Wildman–Crippen LogP) is 3.15. The van der Waals surface area contributed by atoms with Gasteiger partial charge in [0.25, 0.3) is 0 Å². The number of hydrogen-bond donors (Lipinski definition) is 2. The van der Waals surface area contributed by atoms with Crippen molar-refractivity contribution in [2.24, 2.45) is 0 Å². The van der Waals surface area contributed by atoms with Crippen molar-refractivity contribution < 1.29 is 9.63 Å². The van der Waals surface area contributed by atoms with Gasteiger partial charge < -0.3 is 14.6 Å². The first-order valence-corrected chi connectivity index (χ1v) is 5.40. The van der Waals surface area contributed by atoms with E-state index in [4.69, 9.17) is 4.52 Å². The summed E-state index contributed by atoms with van der Waals surface area (Å²) in [6.45, 7) is 3.81. The number of aromatic hydroxyl groups is 1. The molecule has 3 aromatic rings. The Hall–Kier alpha value is -2.23. The quantitative estimate of drug-likeness (QED) is 0.672. The Labute approximate surface area is 97.9 Å². The van der Waals surface area contributed by atoms with Crippen LogP contribution >= 0.6 is 0 Å². The minimum Gasteiger partial charge on any atom is -0.495 e. The van der Waals surface area contributed by atoms with Crippen molar-refractivity contribution in [3.05, 3.63) is 35.7 Å². The summed E-state index contributed by atoms with van der Waals surface area (Å²) in [5.41, 5.74) is 3.83. The molecular formula is C13H12N2O2. The van der Waals surface area contributed by atoms with Crippen molar-refractivity contribution >= 4 is 10.9 Å². The second kappa shape index (κ2) is 3.38. The van der Waals surface area contributed by atoms with Crippen LogP contribution in [0.3, 0.4) is 0 Å². The lowest BCUT2D eigenvalue weighted by atomic mass is 10.0. The molecule has 0 radical (unpaired) electrons. The molecule has 4 heteroatoms. The van der Waals surface area contributed by atoms with Gasteiger partial charge in [-0.2, -0.15) is 0 Å². The molecule has 0 atom stereocenters. The van der Waals surface area contributed by atoms with Crippen LogP contribution in [0.5, 0.6) is 5.88 Å². The van der Waals surface area contributed by atoms with Gasteiger partial charge in [0.05, 0.1) is 5.69 Å². The van der Waals surface area contributed by atoms with Crippen molar-refractivity contribution in [2.75, 3.05) is 0 Å². The molecule has 86 valence electrons. The van der Waals surface area contributed by atoms with Crippen LogP contribution < -0.4 is 0 Å². The van der Waals surface area contributed by atoms with E-state index in [1.807, 2.05) is 32.0 Å². The maximum atomic E-state index is 9.40. The summed E-state index contributed by atoms with van der Waals surface area (Å²) in [6, 6.07) is 7.66. The smallest absolute Gasteiger partial charge is 0.189 e. The maximum Gasteiger partial charge on any atom is 0.189 e. The lowest BCUT2D eigenvalue weighted by Crippen LogP contribution is -1.81. The van der Waals surface area contributed by atoms with Gasteiger partial charge in [-0.3, -0.25) is 0 Å². The van der Waals surface area contributed by atoms with Crippen LogP contribution in [0.2, 0.25) is 0 Å². The van der Waals surface area contributed by atoms with Crippen LogP contribution in [0.4, 0.5) is 0 Å². The molecule has 0 aliphatic heterocycles. The summed E-state index contributed by atoms with van der Waals surface area (Å²) in [7, 11) is 0. The second-order valence-corrected chi connectivity index (χ2v) is 4.16. The van der Waals surface area contributed by atoms with Crippen LogP contribution in [0.1, 0.15) is 11.5 Å². The van der Waals surface area contributed by atoms with E-state index < -0.39 is 0 Å². The van der Waals surface area contributed by atoms with Gasteiger partial charge in [0.2, 0.25) is 0 Å². The molecule has 0 unspecified atom stereocenters. The van der Waals surface area contributed by atoms with Gasteiger partial charge in [-0.25, -0.2) is 0 Å². The first-order valence-electron chi connectivity index (χ1n) is 5.40. The molecule has 2 aromatic heterocycles. The number of hydrogen-bond acceptors (Lipinski definition) is 3. The van der Waals surface area contributed by atoms with Crippen LogP contribution in [-0.4, -0.2) is 15.2 Å². The van der Waals surface area contributed by atoms with Crippen LogP contribution in [0, 0.1) is 13.8 Å². The Balaban J connectivity index is 2.24. The van der Waals surface area contributed by atoms with Gasteiger partial charge in [0.1, 0.15) is 5.76 Å². The molecule has 0 fully saturated rings. The van der Waals surface area contributed by atoms with E-state index in [9.17, 15) is 5.11 Å². The third-order valence-electron chi connectivity index (χ3n) is 2.93. The number of fused-ring (bicyclic) bond motifs is 1. The summed E-state index contributed by atoms with van der Waals surface area (Å²) in [5.74, 6) is 0.980. The average Bonchev–Trinajstić information content (AvgIpc) is 2.80. The number of H-pyrrole nitrogens is 1. The van der Waals surface area contributed by atoms with Crippen LogP contribution in [-0.2, 0) is 0 Å². The molecule has 0 saturated carbocycles. The molecule has 4 nitrogen and oxygen atoms in total. The topological polar surface area (TPSA) is 62.1 Å². The molecule has 0 bridgehead atoms. The molecule has 0 amide bonds. The van der Waals surface area contributed by atoms with Crippen molar-refractivity contribution in [3.8, 4) is 17.0 Å². The second-order valence-electron chi connectivity index (χ2n) is 4.16. The molecule has 0 spiro atoms. The number of aromatic nitrogens is 2. The van der Waals surface area contributed by atoms with Gasteiger partial charge in [-0.05, 0) is 25.5 Å². The van der Waals surface area contributed by atoms with Crippen LogP contribution in [0.25, 0.3) is 22.0 Å². The molecular weight excluding hydrogens is 216 g/mol. The maximum absolute atomic E-state index is 9.40. The summed E-state index contributed by atoms with van der Waals surface area (Å²) in [4.78, 5) is 2.90. The zero-order valence-electron chi connectivity index (χ0n) is 9.61. The number of aryl methyl sites for hydroxylation is 2. The fraction of sp³-hybridized carbons (Fsp3) is 0.154. The minimum absolute atomic E-state index is 0.177. The van der Waals surface area contributed by atoms with E-state index in [0.29, 0.717) is 0 Å². The third kappa shape index (κ3) is 1.49. The molecule has 0 aliphatic rings. The molecule has 0 saturated heterocycles. The predicted molar refractivity (Wildman–Crippen MR) is 64.9 cm³/mol. The van der Waals surface area contributed by atoms with E-state index in [1.165, 1.54) is 0 Å². The Kier molecular flexibility index (Phi) is 1.98. The number of nitrogens with one attached hydrogen (secondary N) is 1. The summed E-state index contributed by atoms with van der Waals surface area (Å²) in [5, 5.41) is 14.3. The summed E-state index contributed by atoms with van der Waals surface area (Å²) in [6.07, 6.45) is 0. The summed E-state index contributed by atoms with van der Waals surface area (Å²) < 4.78 is 5.16. The lowest BCUT2D eigenvalue weighted by Gasteiger charge is -2.00. The largest absolute Gasteiger partial charge is 0.495 e. The SMILES string of the molecule is Cc1noc(C)c1-c1ccc2cc(O)[nH]c2c1. The fourth-order valence-corrected chi connectivity index (χ4v) is 2.16. The summed E-state index contributed by atoms with van der Waals surface area (Å²) >= 11 is 0. The van der Waals surface area contributed by atoms with E-state index in [-0.39, 0.29) is 5.88 Å². The molecule has 2 N–H and O–H groups in total. The highest BCUT2D eigenvalue weighted by Gasteiger charge is 2.12. The first-order chi connectivity index (χ1) is 8.15. The van der Waals surface area contributed by atoms with E-state index in [0.717, 1.165) is 33.5 Å². The molecule has 1 aromatic carbocycles. The number of nitrogens with zero attached hydrogens (tertiary/aromatic N) is 1. The van der Waals surface area contributed by atoms with E-state index in [1.54, 1.807) is 6.07 Å². The standard InChI is InChI=1S/C13H12N2O2/c1-7-13(8(2)17-15-7)10-4-3-9-6-12(16)14-11(9)5-10/h3-6,14,16H,1-2H3. The highest BCUT2D eigenvalue weighted by atomic mass is 16.5. The molecule has 2 heterocycles. The van der Waals surface area contributed by atoms with E-state index >= 15 is 0 Å². The Morgan fingerprint density at radius 1 is 1.24 bits per heavy atom. The Morgan fingerprint density at radius 2 is 2.06 bits per heavy atom. The molecule has 0 aliphatic carbocycles. The normalized spacial score (nSPS) is 11.2. The van der Waals surface area contributed by atoms with Gasteiger partial charge >= 0.3 is 0 Å². The third-order valence-corrected chi connectivity index (χ3v) is 2.93. The van der Waals surface area contributed by atoms with Crippen molar-refractivity contribution in [1.29, 1.82) is 0 Å². The van der Waals surface area contributed by atoms with Crippen molar-refractivity contribution in [2.45, 2.75) is 13.8 Å². The number of rotatable bonds is 1. The van der Waals surface area contributed by atoms with Crippen molar-refractivity contribution in [1.82, 2.24) is 10.1 Å². The van der Waals surface area contributed by atoms with Crippen LogP contribution in [0.15, 0.2) is 28.8 Å². The number of aromatic amines is 1. The molecule has 17 heavy (non-hydrogen) atoms. The zero-order valence-corrected chi connectivity index (χ0v) is 9.61. The van der Waals surface area contributed by atoms with Gasteiger partial charge in [-0.1, -0.05) is 17.3 Å². The minimum atomic E-state index is 0.177. The Morgan fingerprint density at radius 3 is 2.76 bits per heavy atom. The van der Waals surface area contributed by atoms with Gasteiger partial charge in [-0.15, -0.1) is 0 Å². The van der Waals surface area contributed by atoms with Gasteiger partial charge in [0, 0.05) is 22.5 Å². The highest BCUT2D eigenvalue weighted by Crippen LogP contribution is 2.30. The van der Waals surface area contributed by atoms with E-state index in [2.05, 4.69) is 10.1 Å². The first kappa shape index (κ1) is 9.96. The Bertz CT molecular complexity index is 675. The average molecular weight is 228 g/mol. The van der Waals surface area contributed by atoms with Crippen molar-refractivity contribution in [3.63, 3.8) is 0 Å². The zero-order chi connectivity index (χ0) is 12.0. The lowest BCUT2D eigenvalue weighted by molar-refractivity contribution is 0.393. The molecule has 3 rings (SSSR count). The fourth-order valence-electron chi connectivity index (χ4n) is 2.16. The monoisotopic (exact) mass is 228 g/mol. The highest BCUT2D eigenvalue weighted by molar-refractivity contribution is 5.86. The number of benzene rings is 1.